The molecule has 0 heterocycles. The van der Waals surface area contributed by atoms with E-state index < -0.39 is 0 Å². The van der Waals surface area contributed by atoms with Crippen molar-refractivity contribution in [1.82, 2.24) is 0 Å². The predicted octanol–water partition coefficient (Wildman–Crippen LogP) is 2.37. The smallest absolute Gasteiger partial charge is 0.151 e. The fraction of sp³-hybridized carbons (Fsp3) is 0.111. The van der Waals surface area contributed by atoms with Crippen molar-refractivity contribution in [3.8, 4) is 5.75 Å². The quantitative estimate of drug-likeness (QED) is 0.673. The summed E-state index contributed by atoms with van der Waals surface area (Å²) in [5.74, 6) is 0.626. The van der Waals surface area contributed by atoms with Crippen molar-refractivity contribution in [3.05, 3.63) is 35.7 Å². The molecule has 0 aromatic heterocycles. The maximum absolute atomic E-state index is 10.4. The number of benzene rings is 1. The molecule has 0 aliphatic carbocycles. The van der Waals surface area contributed by atoms with Crippen molar-refractivity contribution in [1.29, 1.82) is 0 Å². The summed E-state index contributed by atoms with van der Waals surface area (Å²) in [6.45, 7) is 3.86. The second-order valence-corrected chi connectivity index (χ2v) is 2.56. The van der Waals surface area contributed by atoms with E-state index in [9.17, 15) is 4.79 Å². The van der Waals surface area contributed by atoms with E-state index in [0.29, 0.717) is 29.2 Å². The first kappa shape index (κ1) is 9.07. The Labute approximate surface area is 76.1 Å². The number of ether oxygens (including phenoxy) is 1. The van der Waals surface area contributed by atoms with Crippen molar-refractivity contribution in [2.24, 2.45) is 0 Å². The van der Waals surface area contributed by atoms with Gasteiger partial charge in [-0.05, 0) is 25.1 Å². The van der Waals surface area contributed by atoms with E-state index in [0.717, 1.165) is 0 Å². The number of hydrogen-bond donors (Lipinski definition) is 0. The minimum atomic E-state index is 0.344. The first-order chi connectivity index (χ1) is 5.77. The molecule has 1 aromatic carbocycles. The monoisotopic (exact) mass is 183 g/mol. The van der Waals surface area contributed by atoms with E-state index in [-0.39, 0.29) is 0 Å². The summed E-state index contributed by atoms with van der Waals surface area (Å²) in [7, 11) is 0. The van der Waals surface area contributed by atoms with Gasteiger partial charge >= 0.3 is 0 Å². The van der Waals surface area contributed by atoms with E-state index in [4.69, 9.17) is 16.3 Å². The molecule has 12 heavy (non-hydrogen) atoms. The molecule has 3 heteroatoms. The third-order valence-corrected chi connectivity index (χ3v) is 1.69. The Hall–Kier alpha value is -1.02. The van der Waals surface area contributed by atoms with Gasteiger partial charge in [0.2, 0.25) is 0 Å². The SMILES string of the molecule is [CH2]COc1ccc(C=O)c(Cl)c1. The Morgan fingerprint density at radius 1 is 1.58 bits per heavy atom. The highest BCUT2D eigenvalue weighted by atomic mass is 35.5. The molecule has 0 amide bonds. The Kier molecular flexibility index (Phi) is 3.11. The summed E-state index contributed by atoms with van der Waals surface area (Å²) in [5, 5.41) is 0.399. The van der Waals surface area contributed by atoms with E-state index >= 15 is 0 Å². The number of hydrogen-bond acceptors (Lipinski definition) is 2. The van der Waals surface area contributed by atoms with E-state index in [2.05, 4.69) is 6.92 Å². The molecule has 63 valence electrons. The standard InChI is InChI=1S/C9H8ClO2/c1-2-12-8-4-3-7(6-11)9(10)5-8/h3-6H,1-2H2. The maximum atomic E-state index is 10.4. The third-order valence-electron chi connectivity index (χ3n) is 1.37. The van der Waals surface area contributed by atoms with E-state index in [1.807, 2.05) is 0 Å². The van der Waals surface area contributed by atoms with Gasteiger partial charge in [0.05, 0.1) is 11.6 Å². The minimum Gasteiger partial charge on any atom is -0.494 e. The van der Waals surface area contributed by atoms with E-state index in [1.165, 1.54) is 0 Å². The first-order valence-electron chi connectivity index (χ1n) is 3.44. The van der Waals surface area contributed by atoms with Gasteiger partial charge in [-0.25, -0.2) is 0 Å². The van der Waals surface area contributed by atoms with Crippen LogP contribution in [0.1, 0.15) is 10.4 Å². The summed E-state index contributed by atoms with van der Waals surface area (Å²) >= 11 is 5.73. The van der Waals surface area contributed by atoms with Gasteiger partial charge in [-0.1, -0.05) is 11.6 Å². The first-order valence-corrected chi connectivity index (χ1v) is 3.82. The second kappa shape index (κ2) is 4.12. The normalized spacial score (nSPS) is 9.50. The Bertz CT molecular complexity index is 284. The number of halogens is 1. The van der Waals surface area contributed by atoms with Crippen molar-refractivity contribution >= 4 is 17.9 Å². The van der Waals surface area contributed by atoms with Crippen molar-refractivity contribution < 1.29 is 9.53 Å². The highest BCUT2D eigenvalue weighted by molar-refractivity contribution is 6.33. The summed E-state index contributed by atoms with van der Waals surface area (Å²) in [5.41, 5.74) is 0.466. The summed E-state index contributed by atoms with van der Waals surface area (Å²) in [6.07, 6.45) is 0.705. The maximum Gasteiger partial charge on any atom is 0.151 e. The molecule has 2 nitrogen and oxygen atoms in total. The van der Waals surface area contributed by atoms with Gasteiger partial charge in [0.25, 0.3) is 0 Å². The molecule has 0 atom stereocenters. The van der Waals surface area contributed by atoms with Gasteiger partial charge in [0, 0.05) is 5.56 Å². The summed E-state index contributed by atoms with van der Waals surface area (Å²) in [6, 6.07) is 4.89. The van der Waals surface area contributed by atoms with Crippen LogP contribution in [0.3, 0.4) is 0 Å². The topological polar surface area (TPSA) is 26.3 Å². The highest BCUT2D eigenvalue weighted by Gasteiger charge is 2.00. The molecular weight excluding hydrogens is 176 g/mol. The molecule has 0 unspecified atom stereocenters. The number of carbonyl (C=O) groups excluding carboxylic acids is 1. The lowest BCUT2D eigenvalue weighted by Crippen LogP contribution is -1.92. The van der Waals surface area contributed by atoms with Gasteiger partial charge in [-0.2, -0.15) is 0 Å². The molecular formula is C9H8ClO2. The van der Waals surface area contributed by atoms with Crippen LogP contribution in [-0.2, 0) is 0 Å². The molecule has 0 spiro atoms. The van der Waals surface area contributed by atoms with Crippen molar-refractivity contribution in [2.45, 2.75) is 0 Å². The van der Waals surface area contributed by atoms with Crippen LogP contribution < -0.4 is 4.74 Å². The van der Waals surface area contributed by atoms with Crippen LogP contribution in [0.25, 0.3) is 0 Å². The molecule has 0 saturated carbocycles. The van der Waals surface area contributed by atoms with Crippen LogP contribution in [-0.4, -0.2) is 12.9 Å². The van der Waals surface area contributed by atoms with Gasteiger partial charge < -0.3 is 4.74 Å². The highest BCUT2D eigenvalue weighted by Crippen LogP contribution is 2.20. The molecule has 0 N–H and O–H groups in total. The molecule has 0 bridgehead atoms. The second-order valence-electron chi connectivity index (χ2n) is 2.15. The van der Waals surface area contributed by atoms with Crippen molar-refractivity contribution in [2.75, 3.05) is 6.61 Å². The Morgan fingerprint density at radius 3 is 2.83 bits per heavy atom. The van der Waals surface area contributed by atoms with Crippen LogP contribution in [0.15, 0.2) is 18.2 Å². The average molecular weight is 184 g/mol. The molecule has 1 aromatic rings. The molecule has 0 saturated heterocycles. The largest absolute Gasteiger partial charge is 0.494 e. The lowest BCUT2D eigenvalue weighted by atomic mass is 10.2. The Balaban J connectivity index is 2.93. The van der Waals surface area contributed by atoms with Gasteiger partial charge in [0.1, 0.15) is 5.75 Å². The lowest BCUT2D eigenvalue weighted by molar-refractivity contribution is 0.112. The van der Waals surface area contributed by atoms with Crippen LogP contribution in [0.2, 0.25) is 5.02 Å². The zero-order chi connectivity index (χ0) is 8.97. The zero-order valence-corrected chi connectivity index (χ0v) is 7.17. The third kappa shape index (κ3) is 1.98. The van der Waals surface area contributed by atoms with Gasteiger partial charge in [-0.15, -0.1) is 0 Å². The van der Waals surface area contributed by atoms with Crippen LogP contribution in [0.5, 0.6) is 5.75 Å². The average Bonchev–Trinajstić information content (AvgIpc) is 2.05. The minimum absolute atomic E-state index is 0.344. The van der Waals surface area contributed by atoms with Gasteiger partial charge in [0.15, 0.2) is 6.29 Å². The fourth-order valence-electron chi connectivity index (χ4n) is 0.811. The van der Waals surface area contributed by atoms with Crippen molar-refractivity contribution in [3.63, 3.8) is 0 Å². The summed E-state index contributed by atoms with van der Waals surface area (Å²) < 4.78 is 5.07. The molecule has 1 rings (SSSR count). The fourth-order valence-corrected chi connectivity index (χ4v) is 1.03. The molecule has 0 aliphatic heterocycles. The number of rotatable bonds is 3. The molecule has 0 fully saturated rings. The Morgan fingerprint density at radius 2 is 2.33 bits per heavy atom. The van der Waals surface area contributed by atoms with Crippen LogP contribution in [0, 0.1) is 6.92 Å². The summed E-state index contributed by atoms with van der Waals surface area (Å²) in [4.78, 5) is 10.4. The number of aldehydes is 1. The molecule has 0 aliphatic rings. The van der Waals surface area contributed by atoms with Crippen LogP contribution >= 0.6 is 11.6 Å². The van der Waals surface area contributed by atoms with E-state index in [1.54, 1.807) is 18.2 Å². The predicted molar refractivity (Wildman–Crippen MR) is 47.7 cm³/mol. The van der Waals surface area contributed by atoms with Crippen LogP contribution in [0.4, 0.5) is 0 Å². The number of carbonyl (C=O) groups is 1. The zero-order valence-electron chi connectivity index (χ0n) is 6.42. The van der Waals surface area contributed by atoms with Gasteiger partial charge in [-0.3, -0.25) is 4.79 Å². The lowest BCUT2D eigenvalue weighted by Gasteiger charge is -2.03. The molecule has 1 radical (unpaired) electrons.